The van der Waals surface area contributed by atoms with Gasteiger partial charge >= 0.3 is 0 Å². The van der Waals surface area contributed by atoms with Gasteiger partial charge in [-0.25, -0.2) is 4.98 Å². The van der Waals surface area contributed by atoms with Gasteiger partial charge in [0.2, 0.25) is 5.91 Å². The van der Waals surface area contributed by atoms with Crippen molar-refractivity contribution in [1.29, 1.82) is 0 Å². The van der Waals surface area contributed by atoms with Crippen molar-refractivity contribution in [3.63, 3.8) is 0 Å². The fraction of sp³-hybridized carbons (Fsp3) is 0.0714. The molecule has 2 aromatic rings. The standard InChI is InChI=1S/C14H13N3O2/c1-10(18)16-12-7-8-13(15-9-12)17-14(19)11-5-3-2-4-6-11/h2-9H,1H3,(H,16,18)(H,15,17,19). The van der Waals surface area contributed by atoms with Crippen LogP contribution in [0.1, 0.15) is 17.3 Å². The molecule has 0 saturated carbocycles. The lowest BCUT2D eigenvalue weighted by Gasteiger charge is -2.05. The first-order valence-electron chi connectivity index (χ1n) is 5.75. The van der Waals surface area contributed by atoms with E-state index < -0.39 is 0 Å². The number of hydrogen-bond acceptors (Lipinski definition) is 3. The third kappa shape index (κ3) is 3.64. The Kier molecular flexibility index (Phi) is 3.87. The lowest BCUT2D eigenvalue weighted by atomic mass is 10.2. The fourth-order valence-corrected chi connectivity index (χ4v) is 1.52. The zero-order valence-electron chi connectivity index (χ0n) is 10.4. The van der Waals surface area contributed by atoms with E-state index >= 15 is 0 Å². The Morgan fingerprint density at radius 3 is 2.32 bits per heavy atom. The molecule has 0 aliphatic carbocycles. The number of amides is 2. The van der Waals surface area contributed by atoms with E-state index in [0.717, 1.165) is 0 Å². The van der Waals surface area contributed by atoms with E-state index in [9.17, 15) is 9.59 Å². The first-order chi connectivity index (χ1) is 9.15. The number of benzene rings is 1. The summed E-state index contributed by atoms with van der Waals surface area (Å²) in [6.45, 7) is 1.42. The maximum absolute atomic E-state index is 11.9. The molecule has 0 atom stereocenters. The van der Waals surface area contributed by atoms with Crippen LogP contribution in [0.2, 0.25) is 0 Å². The SMILES string of the molecule is CC(=O)Nc1ccc(NC(=O)c2ccccc2)nc1. The second kappa shape index (κ2) is 5.77. The molecule has 0 fully saturated rings. The number of anilines is 2. The van der Waals surface area contributed by atoms with Crippen LogP contribution in [0.25, 0.3) is 0 Å². The Balaban J connectivity index is 2.04. The average molecular weight is 255 g/mol. The molecule has 1 heterocycles. The molecule has 0 bridgehead atoms. The van der Waals surface area contributed by atoms with Crippen LogP contribution in [0.3, 0.4) is 0 Å². The van der Waals surface area contributed by atoms with Gasteiger partial charge in [0.15, 0.2) is 0 Å². The van der Waals surface area contributed by atoms with Crippen LogP contribution < -0.4 is 10.6 Å². The number of aromatic nitrogens is 1. The zero-order valence-corrected chi connectivity index (χ0v) is 10.4. The van der Waals surface area contributed by atoms with Gasteiger partial charge in [-0.15, -0.1) is 0 Å². The van der Waals surface area contributed by atoms with Crippen LogP contribution in [-0.2, 0) is 4.79 Å². The number of rotatable bonds is 3. The maximum atomic E-state index is 11.9. The molecular weight excluding hydrogens is 242 g/mol. The quantitative estimate of drug-likeness (QED) is 0.884. The third-order valence-electron chi connectivity index (χ3n) is 2.36. The highest BCUT2D eigenvalue weighted by Gasteiger charge is 2.05. The van der Waals surface area contributed by atoms with Crippen molar-refractivity contribution in [2.24, 2.45) is 0 Å². The van der Waals surface area contributed by atoms with E-state index in [-0.39, 0.29) is 11.8 Å². The monoisotopic (exact) mass is 255 g/mol. The van der Waals surface area contributed by atoms with Crippen LogP contribution in [0.5, 0.6) is 0 Å². The van der Waals surface area contributed by atoms with Gasteiger partial charge in [-0.1, -0.05) is 18.2 Å². The summed E-state index contributed by atoms with van der Waals surface area (Å²) in [6.07, 6.45) is 1.49. The highest BCUT2D eigenvalue weighted by atomic mass is 16.2. The van der Waals surface area contributed by atoms with Crippen LogP contribution in [0.15, 0.2) is 48.7 Å². The number of carbonyl (C=O) groups is 2. The van der Waals surface area contributed by atoms with Gasteiger partial charge in [0.1, 0.15) is 5.82 Å². The average Bonchev–Trinajstić information content (AvgIpc) is 2.41. The number of nitrogens with one attached hydrogen (secondary N) is 2. The van der Waals surface area contributed by atoms with Gasteiger partial charge in [-0.3, -0.25) is 9.59 Å². The Bertz CT molecular complexity index is 579. The summed E-state index contributed by atoms with van der Waals surface area (Å²) in [4.78, 5) is 26.8. The van der Waals surface area contributed by atoms with Gasteiger partial charge in [-0.05, 0) is 24.3 Å². The van der Waals surface area contributed by atoms with Crippen LogP contribution in [-0.4, -0.2) is 16.8 Å². The molecule has 5 nitrogen and oxygen atoms in total. The number of pyridine rings is 1. The number of carbonyl (C=O) groups excluding carboxylic acids is 2. The first kappa shape index (κ1) is 12.8. The molecule has 0 saturated heterocycles. The summed E-state index contributed by atoms with van der Waals surface area (Å²) in [5.74, 6) is 0.0474. The van der Waals surface area contributed by atoms with Gasteiger partial charge in [0.05, 0.1) is 11.9 Å². The molecule has 0 radical (unpaired) electrons. The summed E-state index contributed by atoms with van der Waals surface area (Å²) in [7, 11) is 0. The summed E-state index contributed by atoms with van der Waals surface area (Å²) in [5.41, 5.74) is 1.15. The summed E-state index contributed by atoms with van der Waals surface area (Å²) in [5, 5.41) is 5.28. The molecule has 0 aliphatic rings. The molecule has 0 spiro atoms. The minimum atomic E-state index is -0.222. The summed E-state index contributed by atoms with van der Waals surface area (Å²) in [6, 6.07) is 12.2. The first-order valence-corrected chi connectivity index (χ1v) is 5.75. The highest BCUT2D eigenvalue weighted by molar-refractivity contribution is 6.03. The van der Waals surface area contributed by atoms with Crippen molar-refractivity contribution in [3.05, 3.63) is 54.2 Å². The van der Waals surface area contributed by atoms with E-state index in [1.54, 1.807) is 36.4 Å². The molecule has 5 heteroatoms. The minimum Gasteiger partial charge on any atom is -0.325 e. The van der Waals surface area contributed by atoms with Crippen LogP contribution in [0, 0.1) is 0 Å². The van der Waals surface area contributed by atoms with Crippen molar-refractivity contribution in [2.45, 2.75) is 6.92 Å². The van der Waals surface area contributed by atoms with Crippen LogP contribution >= 0.6 is 0 Å². The van der Waals surface area contributed by atoms with Crippen molar-refractivity contribution >= 4 is 23.3 Å². The Labute approximate surface area is 110 Å². The van der Waals surface area contributed by atoms with E-state index in [4.69, 9.17) is 0 Å². The van der Waals surface area contributed by atoms with Crippen LogP contribution in [0.4, 0.5) is 11.5 Å². The van der Waals surface area contributed by atoms with Gasteiger partial charge in [-0.2, -0.15) is 0 Å². The zero-order chi connectivity index (χ0) is 13.7. The van der Waals surface area contributed by atoms with Gasteiger partial charge < -0.3 is 10.6 Å². The molecule has 0 unspecified atom stereocenters. The summed E-state index contributed by atoms with van der Waals surface area (Å²) < 4.78 is 0. The van der Waals surface area contributed by atoms with Crippen molar-refractivity contribution in [1.82, 2.24) is 4.98 Å². The Morgan fingerprint density at radius 2 is 1.74 bits per heavy atom. The topological polar surface area (TPSA) is 71.1 Å². The molecule has 2 rings (SSSR count). The molecule has 0 aliphatic heterocycles. The smallest absolute Gasteiger partial charge is 0.256 e. The lowest BCUT2D eigenvalue weighted by molar-refractivity contribution is -0.114. The Hall–Kier alpha value is -2.69. The van der Waals surface area contributed by atoms with Gasteiger partial charge in [0.25, 0.3) is 5.91 Å². The van der Waals surface area contributed by atoms with Gasteiger partial charge in [0, 0.05) is 12.5 Å². The second-order valence-corrected chi connectivity index (χ2v) is 3.93. The summed E-state index contributed by atoms with van der Waals surface area (Å²) >= 11 is 0. The van der Waals surface area contributed by atoms with E-state index in [1.165, 1.54) is 13.1 Å². The lowest BCUT2D eigenvalue weighted by Crippen LogP contribution is -2.13. The second-order valence-electron chi connectivity index (χ2n) is 3.93. The molecule has 1 aromatic carbocycles. The minimum absolute atomic E-state index is 0.164. The van der Waals surface area contributed by atoms with Crippen molar-refractivity contribution in [2.75, 3.05) is 10.6 Å². The normalized spacial score (nSPS) is 9.74. The predicted octanol–water partition coefficient (Wildman–Crippen LogP) is 2.29. The largest absolute Gasteiger partial charge is 0.325 e. The molecule has 96 valence electrons. The maximum Gasteiger partial charge on any atom is 0.256 e. The fourth-order valence-electron chi connectivity index (χ4n) is 1.52. The van der Waals surface area contributed by atoms with Crippen molar-refractivity contribution < 1.29 is 9.59 Å². The molecular formula is C14H13N3O2. The van der Waals surface area contributed by atoms with E-state index in [0.29, 0.717) is 17.1 Å². The third-order valence-corrected chi connectivity index (χ3v) is 2.36. The van der Waals surface area contributed by atoms with Crippen molar-refractivity contribution in [3.8, 4) is 0 Å². The number of hydrogen-bond donors (Lipinski definition) is 2. The molecule has 19 heavy (non-hydrogen) atoms. The Morgan fingerprint density at radius 1 is 1.00 bits per heavy atom. The van der Waals surface area contributed by atoms with E-state index in [1.807, 2.05) is 6.07 Å². The molecule has 2 amide bonds. The number of nitrogens with zero attached hydrogens (tertiary/aromatic N) is 1. The molecule has 2 N–H and O–H groups in total. The molecule has 1 aromatic heterocycles. The highest BCUT2D eigenvalue weighted by Crippen LogP contribution is 2.11. The van der Waals surface area contributed by atoms with E-state index in [2.05, 4.69) is 15.6 Å². The predicted molar refractivity (Wildman–Crippen MR) is 72.9 cm³/mol.